The molecule has 8 heteroatoms. The van der Waals surface area contributed by atoms with Crippen LogP contribution in [0.25, 0.3) is 0 Å². The first-order valence-electron chi connectivity index (χ1n) is 7.51. The summed E-state index contributed by atoms with van der Waals surface area (Å²) in [6, 6.07) is 6.51. The van der Waals surface area contributed by atoms with Gasteiger partial charge in [-0.2, -0.15) is 5.26 Å². The molecular formula is C16H19N3O5. The summed E-state index contributed by atoms with van der Waals surface area (Å²) < 4.78 is 10.4. The molecule has 0 atom stereocenters. The Labute approximate surface area is 139 Å². The van der Waals surface area contributed by atoms with E-state index >= 15 is 0 Å². The lowest BCUT2D eigenvalue weighted by Gasteiger charge is -2.30. The predicted molar refractivity (Wildman–Crippen MR) is 84.2 cm³/mol. The number of rotatable bonds is 5. The lowest BCUT2D eigenvalue weighted by molar-refractivity contribution is 0.0906. The number of nitrogens with zero attached hydrogens (tertiary/aromatic N) is 2. The third-order valence-electron chi connectivity index (χ3n) is 3.78. The van der Waals surface area contributed by atoms with Crippen LogP contribution in [0.15, 0.2) is 18.2 Å². The number of likely N-dealkylation sites (tertiary alicyclic amines) is 1. The summed E-state index contributed by atoms with van der Waals surface area (Å²) in [5.74, 6) is 0.544. The number of hydrogen-bond donors (Lipinski definition) is 2. The van der Waals surface area contributed by atoms with Gasteiger partial charge in [-0.15, -0.1) is 0 Å². The molecule has 1 heterocycles. The van der Waals surface area contributed by atoms with E-state index in [-0.39, 0.29) is 18.6 Å². The van der Waals surface area contributed by atoms with Crippen molar-refractivity contribution in [1.82, 2.24) is 10.2 Å². The Hall–Kier alpha value is -2.95. The van der Waals surface area contributed by atoms with Crippen LogP contribution in [0.1, 0.15) is 23.2 Å². The van der Waals surface area contributed by atoms with Crippen LogP contribution in [0.3, 0.4) is 0 Å². The van der Waals surface area contributed by atoms with Gasteiger partial charge in [-0.05, 0) is 25.0 Å². The summed E-state index contributed by atoms with van der Waals surface area (Å²) in [5, 5.41) is 20.4. The molecule has 128 valence electrons. The lowest BCUT2D eigenvalue weighted by atomic mass is 10.0. The van der Waals surface area contributed by atoms with Crippen molar-refractivity contribution in [3.63, 3.8) is 0 Å². The monoisotopic (exact) mass is 333 g/mol. The van der Waals surface area contributed by atoms with Gasteiger partial charge in [0, 0.05) is 30.8 Å². The van der Waals surface area contributed by atoms with Crippen molar-refractivity contribution in [3.05, 3.63) is 23.8 Å². The average molecular weight is 333 g/mol. The number of carbonyl (C=O) groups is 2. The minimum atomic E-state index is -0.938. The van der Waals surface area contributed by atoms with Crippen LogP contribution in [0.5, 0.6) is 11.5 Å². The van der Waals surface area contributed by atoms with Gasteiger partial charge in [-0.1, -0.05) is 0 Å². The standard InChI is InChI=1S/C16H19N3O5/c1-23-13-8-11(9-14(10-13)24-7-4-17)15(20)18-12-2-5-19(6-3-12)16(21)22/h8-10,12H,2-3,5-7H2,1H3,(H,18,20)(H,21,22). The van der Waals surface area contributed by atoms with Gasteiger partial charge in [0.15, 0.2) is 6.61 Å². The Morgan fingerprint density at radius 1 is 1.33 bits per heavy atom. The summed E-state index contributed by atoms with van der Waals surface area (Å²) in [4.78, 5) is 24.6. The minimum Gasteiger partial charge on any atom is -0.497 e. The minimum absolute atomic E-state index is 0.0808. The SMILES string of the molecule is COc1cc(OCC#N)cc(C(=O)NC2CCN(C(=O)O)CC2)c1. The third kappa shape index (κ3) is 4.52. The molecule has 0 unspecified atom stereocenters. The first-order chi connectivity index (χ1) is 11.5. The van der Waals surface area contributed by atoms with Crippen molar-refractivity contribution in [1.29, 1.82) is 5.26 Å². The molecule has 0 aromatic heterocycles. The molecule has 0 aliphatic carbocycles. The van der Waals surface area contributed by atoms with E-state index in [1.807, 2.05) is 6.07 Å². The van der Waals surface area contributed by atoms with Gasteiger partial charge in [0.05, 0.1) is 7.11 Å². The summed E-state index contributed by atoms with van der Waals surface area (Å²) in [5.41, 5.74) is 0.364. The van der Waals surface area contributed by atoms with Crippen LogP contribution >= 0.6 is 0 Å². The summed E-state index contributed by atoms with van der Waals surface area (Å²) >= 11 is 0. The lowest BCUT2D eigenvalue weighted by Crippen LogP contribution is -2.46. The molecule has 1 aromatic carbocycles. The van der Waals surface area contributed by atoms with Crippen LogP contribution in [0.4, 0.5) is 4.79 Å². The maximum absolute atomic E-state index is 12.4. The van der Waals surface area contributed by atoms with Gasteiger partial charge in [0.25, 0.3) is 5.91 Å². The van der Waals surface area contributed by atoms with E-state index in [1.54, 1.807) is 18.2 Å². The Bertz CT molecular complexity index is 648. The molecule has 0 spiro atoms. The van der Waals surface area contributed by atoms with Gasteiger partial charge in [-0.25, -0.2) is 4.79 Å². The van der Waals surface area contributed by atoms with Gasteiger partial charge < -0.3 is 24.8 Å². The molecule has 0 saturated carbocycles. The van der Waals surface area contributed by atoms with Crippen molar-refractivity contribution in [2.24, 2.45) is 0 Å². The van der Waals surface area contributed by atoms with Crippen molar-refractivity contribution in [2.75, 3.05) is 26.8 Å². The van der Waals surface area contributed by atoms with E-state index in [0.717, 1.165) is 0 Å². The number of amides is 2. The molecule has 1 aromatic rings. The zero-order chi connectivity index (χ0) is 17.5. The molecule has 2 amide bonds. The zero-order valence-electron chi connectivity index (χ0n) is 13.3. The number of hydrogen-bond acceptors (Lipinski definition) is 5. The Morgan fingerprint density at radius 2 is 2.00 bits per heavy atom. The van der Waals surface area contributed by atoms with E-state index in [9.17, 15) is 9.59 Å². The quantitative estimate of drug-likeness (QED) is 0.844. The smallest absolute Gasteiger partial charge is 0.407 e. The molecule has 24 heavy (non-hydrogen) atoms. The highest BCUT2D eigenvalue weighted by molar-refractivity contribution is 5.95. The van der Waals surface area contributed by atoms with Crippen molar-refractivity contribution in [3.8, 4) is 17.6 Å². The largest absolute Gasteiger partial charge is 0.497 e. The number of carbonyl (C=O) groups excluding carboxylic acids is 1. The van der Waals surface area contributed by atoms with Gasteiger partial charge in [-0.3, -0.25) is 4.79 Å². The fourth-order valence-electron chi connectivity index (χ4n) is 2.50. The second-order valence-electron chi connectivity index (χ2n) is 5.36. The normalized spacial score (nSPS) is 14.6. The zero-order valence-corrected chi connectivity index (χ0v) is 13.3. The number of nitrogens with one attached hydrogen (secondary N) is 1. The molecule has 0 radical (unpaired) electrons. The second-order valence-corrected chi connectivity index (χ2v) is 5.36. The summed E-state index contributed by atoms with van der Waals surface area (Å²) in [6.45, 7) is 0.672. The van der Waals surface area contributed by atoms with Gasteiger partial charge >= 0.3 is 6.09 Å². The molecule has 1 aliphatic rings. The van der Waals surface area contributed by atoms with Crippen LogP contribution < -0.4 is 14.8 Å². The summed E-state index contributed by atoms with van der Waals surface area (Å²) in [7, 11) is 1.48. The number of benzene rings is 1. The van der Waals surface area contributed by atoms with E-state index in [1.165, 1.54) is 12.0 Å². The van der Waals surface area contributed by atoms with Gasteiger partial charge in [0.2, 0.25) is 0 Å². The van der Waals surface area contributed by atoms with Crippen LogP contribution in [-0.2, 0) is 0 Å². The van der Waals surface area contributed by atoms with E-state index < -0.39 is 6.09 Å². The maximum Gasteiger partial charge on any atom is 0.407 e. The molecule has 1 fully saturated rings. The fourth-order valence-corrected chi connectivity index (χ4v) is 2.50. The first kappa shape index (κ1) is 17.4. The van der Waals surface area contributed by atoms with E-state index in [0.29, 0.717) is 43.0 Å². The first-order valence-corrected chi connectivity index (χ1v) is 7.51. The second kappa shape index (κ2) is 8.06. The average Bonchev–Trinajstić information content (AvgIpc) is 2.60. The Morgan fingerprint density at radius 3 is 2.58 bits per heavy atom. The van der Waals surface area contributed by atoms with Crippen LogP contribution in [0.2, 0.25) is 0 Å². The van der Waals surface area contributed by atoms with Crippen molar-refractivity contribution >= 4 is 12.0 Å². The molecule has 1 aliphatic heterocycles. The van der Waals surface area contributed by atoms with Crippen molar-refractivity contribution < 1.29 is 24.2 Å². The highest BCUT2D eigenvalue weighted by Gasteiger charge is 2.24. The van der Waals surface area contributed by atoms with Crippen LogP contribution in [0, 0.1) is 11.3 Å². The highest BCUT2D eigenvalue weighted by atomic mass is 16.5. The fraction of sp³-hybridized carbons (Fsp3) is 0.438. The Balaban J connectivity index is 2.01. The molecule has 1 saturated heterocycles. The highest BCUT2D eigenvalue weighted by Crippen LogP contribution is 2.23. The number of methoxy groups -OCH3 is 1. The van der Waals surface area contributed by atoms with E-state index in [2.05, 4.69) is 5.32 Å². The third-order valence-corrected chi connectivity index (χ3v) is 3.78. The molecule has 2 N–H and O–H groups in total. The number of piperidine rings is 1. The number of carboxylic acid groups (broad SMARTS) is 1. The molecular weight excluding hydrogens is 314 g/mol. The topological polar surface area (TPSA) is 112 Å². The number of ether oxygens (including phenoxy) is 2. The van der Waals surface area contributed by atoms with E-state index in [4.69, 9.17) is 19.8 Å². The summed E-state index contributed by atoms with van der Waals surface area (Å²) in [6.07, 6.45) is 0.200. The number of nitriles is 1. The molecule has 0 bridgehead atoms. The Kier molecular flexibility index (Phi) is 5.84. The molecule has 2 rings (SSSR count). The van der Waals surface area contributed by atoms with Crippen LogP contribution in [-0.4, -0.2) is 54.9 Å². The van der Waals surface area contributed by atoms with Gasteiger partial charge in [0.1, 0.15) is 17.6 Å². The maximum atomic E-state index is 12.4. The van der Waals surface area contributed by atoms with Crippen molar-refractivity contribution in [2.45, 2.75) is 18.9 Å². The predicted octanol–water partition coefficient (Wildman–Crippen LogP) is 1.47. The molecule has 8 nitrogen and oxygen atoms in total.